The lowest BCUT2D eigenvalue weighted by molar-refractivity contribution is -0.138. The molecule has 2 aromatic carbocycles. The van der Waals surface area contributed by atoms with Crippen molar-refractivity contribution in [2.24, 2.45) is 5.92 Å². The first-order chi connectivity index (χ1) is 13.2. The number of carbonyl (C=O) groups is 1. The zero-order chi connectivity index (χ0) is 18.6. The predicted molar refractivity (Wildman–Crippen MR) is 110 cm³/mol. The quantitative estimate of drug-likeness (QED) is 0.562. The van der Waals surface area contributed by atoms with Crippen LogP contribution in [0.25, 0.3) is 0 Å². The molecule has 0 saturated carbocycles. The molecule has 0 bridgehead atoms. The van der Waals surface area contributed by atoms with Gasteiger partial charge in [0.25, 0.3) is 0 Å². The van der Waals surface area contributed by atoms with Crippen LogP contribution in [0.15, 0.2) is 48.5 Å². The molecule has 142 valence electrons. The highest BCUT2D eigenvalue weighted by molar-refractivity contribution is 6.33. The van der Waals surface area contributed by atoms with E-state index in [-0.39, 0.29) is 11.9 Å². The lowest BCUT2D eigenvalue weighted by Gasteiger charge is -2.29. The first kappa shape index (κ1) is 18.2. The van der Waals surface area contributed by atoms with Gasteiger partial charge < -0.3 is 14.5 Å². The molecule has 0 spiro atoms. The average Bonchev–Trinajstić information content (AvgIpc) is 3.20. The Balaban J connectivity index is 1.37. The predicted octanol–water partition coefficient (Wildman–Crippen LogP) is 4.76. The molecule has 0 aromatic heterocycles. The van der Waals surface area contributed by atoms with Crippen LogP contribution in [-0.4, -0.2) is 32.1 Å². The lowest BCUT2D eigenvalue weighted by Crippen LogP contribution is -2.29. The van der Waals surface area contributed by atoms with Crippen molar-refractivity contribution in [2.45, 2.75) is 25.7 Å². The van der Waals surface area contributed by atoms with Crippen LogP contribution in [0.3, 0.4) is 0 Å². The van der Waals surface area contributed by atoms with Crippen LogP contribution in [0.4, 0.5) is 11.4 Å². The van der Waals surface area contributed by atoms with Crippen molar-refractivity contribution in [1.82, 2.24) is 0 Å². The molecule has 1 atom stereocenters. The summed E-state index contributed by atoms with van der Waals surface area (Å²) >= 11 is 6.47. The third kappa shape index (κ3) is 4.22. The number of hydrogen-bond donors (Lipinski definition) is 0. The minimum atomic E-state index is -0.171. The van der Waals surface area contributed by atoms with Crippen LogP contribution < -0.4 is 14.5 Å². The largest absolute Gasteiger partial charge is 0.426 e. The molecule has 0 aliphatic carbocycles. The number of hydrogen-bond acceptors (Lipinski definition) is 4. The maximum Gasteiger partial charge on any atom is 0.316 e. The normalized spacial score (nSPS) is 20.0. The van der Waals surface area contributed by atoms with E-state index in [2.05, 4.69) is 21.9 Å². The topological polar surface area (TPSA) is 32.8 Å². The first-order valence-corrected chi connectivity index (χ1v) is 10.1. The molecule has 0 N–H and O–H groups in total. The summed E-state index contributed by atoms with van der Waals surface area (Å²) in [5, 5.41) is 0.652. The van der Waals surface area contributed by atoms with Crippen molar-refractivity contribution in [3.05, 3.63) is 53.6 Å². The fraction of sp³-hybridized carbons (Fsp3) is 0.409. The second-order valence-corrected chi connectivity index (χ2v) is 7.76. The summed E-state index contributed by atoms with van der Waals surface area (Å²) < 4.78 is 5.64. The highest BCUT2D eigenvalue weighted by Gasteiger charge is 2.30. The van der Waals surface area contributed by atoms with E-state index in [9.17, 15) is 4.79 Å². The van der Waals surface area contributed by atoms with Gasteiger partial charge in [0.1, 0.15) is 5.75 Å². The Morgan fingerprint density at radius 2 is 1.74 bits per heavy atom. The maximum absolute atomic E-state index is 12.6. The summed E-state index contributed by atoms with van der Waals surface area (Å²) in [6, 6.07) is 15.8. The molecule has 2 heterocycles. The highest BCUT2D eigenvalue weighted by Crippen LogP contribution is 2.32. The fourth-order valence-corrected chi connectivity index (χ4v) is 4.26. The Kier molecular flexibility index (Phi) is 5.53. The Morgan fingerprint density at radius 3 is 2.48 bits per heavy atom. The number of rotatable bonds is 4. The van der Waals surface area contributed by atoms with Gasteiger partial charge in [-0.25, -0.2) is 0 Å². The number of halogens is 1. The SMILES string of the molecule is O=C(Oc1ccc(N2CCCCC2)c(Cl)c1)C1CCN(c2ccccc2)C1. The molecule has 2 aliphatic heterocycles. The second kappa shape index (κ2) is 8.22. The van der Waals surface area contributed by atoms with Crippen molar-refractivity contribution >= 4 is 28.9 Å². The van der Waals surface area contributed by atoms with Crippen LogP contribution in [0, 0.1) is 5.92 Å². The Labute approximate surface area is 165 Å². The van der Waals surface area contributed by atoms with E-state index < -0.39 is 0 Å². The zero-order valence-corrected chi connectivity index (χ0v) is 16.2. The number of piperidine rings is 1. The second-order valence-electron chi connectivity index (χ2n) is 7.35. The van der Waals surface area contributed by atoms with E-state index >= 15 is 0 Å². The summed E-state index contributed by atoms with van der Waals surface area (Å²) in [6.45, 7) is 3.65. The molecule has 5 heteroatoms. The number of para-hydroxylation sites is 1. The van der Waals surface area contributed by atoms with E-state index in [4.69, 9.17) is 16.3 Å². The Hall–Kier alpha value is -2.20. The first-order valence-electron chi connectivity index (χ1n) is 9.77. The van der Waals surface area contributed by atoms with E-state index in [1.165, 1.54) is 19.3 Å². The third-order valence-electron chi connectivity index (χ3n) is 5.48. The van der Waals surface area contributed by atoms with Gasteiger partial charge in [-0.1, -0.05) is 29.8 Å². The molecule has 2 fully saturated rings. The average molecular weight is 385 g/mol. The molecule has 0 radical (unpaired) electrons. The number of esters is 1. The van der Waals surface area contributed by atoms with E-state index in [0.717, 1.165) is 37.4 Å². The van der Waals surface area contributed by atoms with Crippen LogP contribution >= 0.6 is 11.6 Å². The van der Waals surface area contributed by atoms with Gasteiger partial charge in [0, 0.05) is 37.9 Å². The van der Waals surface area contributed by atoms with E-state index in [1.54, 1.807) is 6.07 Å². The lowest BCUT2D eigenvalue weighted by atomic mass is 10.1. The third-order valence-corrected chi connectivity index (χ3v) is 5.78. The van der Waals surface area contributed by atoms with Crippen molar-refractivity contribution < 1.29 is 9.53 Å². The smallest absolute Gasteiger partial charge is 0.316 e. The van der Waals surface area contributed by atoms with E-state index in [0.29, 0.717) is 17.3 Å². The summed E-state index contributed by atoms with van der Waals surface area (Å²) in [5.74, 6) is 0.255. The zero-order valence-electron chi connectivity index (χ0n) is 15.4. The molecule has 4 nitrogen and oxygen atoms in total. The van der Waals surface area contributed by atoms with Gasteiger partial charge in [-0.15, -0.1) is 0 Å². The summed E-state index contributed by atoms with van der Waals surface area (Å²) in [4.78, 5) is 17.1. The van der Waals surface area contributed by atoms with Crippen molar-refractivity contribution in [3.63, 3.8) is 0 Å². The van der Waals surface area contributed by atoms with Crippen LogP contribution in [0.1, 0.15) is 25.7 Å². The van der Waals surface area contributed by atoms with Gasteiger partial charge in [0.15, 0.2) is 0 Å². The molecule has 27 heavy (non-hydrogen) atoms. The Bertz CT molecular complexity index is 790. The van der Waals surface area contributed by atoms with Crippen molar-refractivity contribution in [1.29, 1.82) is 0 Å². The monoisotopic (exact) mass is 384 g/mol. The molecule has 0 amide bonds. The molecule has 2 aliphatic rings. The summed E-state index contributed by atoms with van der Waals surface area (Å²) in [6.07, 6.45) is 4.50. The number of nitrogens with zero attached hydrogens (tertiary/aromatic N) is 2. The van der Waals surface area contributed by atoms with Gasteiger partial charge >= 0.3 is 5.97 Å². The van der Waals surface area contributed by atoms with Crippen molar-refractivity contribution in [3.8, 4) is 5.75 Å². The standard InChI is InChI=1S/C22H25ClN2O2/c23-20-15-19(9-10-21(20)24-12-5-2-6-13-24)27-22(26)17-11-14-25(16-17)18-7-3-1-4-8-18/h1,3-4,7-10,15,17H,2,5-6,11-14,16H2. The van der Waals surface area contributed by atoms with Crippen LogP contribution in [0.2, 0.25) is 5.02 Å². The van der Waals surface area contributed by atoms with Gasteiger partial charge in [0.05, 0.1) is 16.6 Å². The van der Waals surface area contributed by atoms with Gasteiger partial charge in [-0.05, 0) is 49.9 Å². The summed E-state index contributed by atoms with van der Waals surface area (Å²) in [5.41, 5.74) is 2.19. The van der Waals surface area contributed by atoms with Gasteiger partial charge in [0.2, 0.25) is 0 Å². The van der Waals surface area contributed by atoms with E-state index in [1.807, 2.05) is 30.3 Å². The molecule has 2 aromatic rings. The molecule has 1 unspecified atom stereocenters. The van der Waals surface area contributed by atoms with Gasteiger partial charge in [-0.2, -0.15) is 0 Å². The molecular weight excluding hydrogens is 360 g/mol. The molecule has 2 saturated heterocycles. The van der Waals surface area contributed by atoms with Gasteiger partial charge in [-0.3, -0.25) is 4.79 Å². The van der Waals surface area contributed by atoms with Crippen LogP contribution in [0.5, 0.6) is 5.75 Å². The fourth-order valence-electron chi connectivity index (χ4n) is 3.97. The molecule has 4 rings (SSSR count). The summed E-state index contributed by atoms with van der Waals surface area (Å²) in [7, 11) is 0. The number of benzene rings is 2. The molecular formula is C22H25ClN2O2. The van der Waals surface area contributed by atoms with Crippen LogP contribution in [-0.2, 0) is 4.79 Å². The number of ether oxygens (including phenoxy) is 1. The maximum atomic E-state index is 12.6. The highest BCUT2D eigenvalue weighted by atomic mass is 35.5. The van der Waals surface area contributed by atoms with Crippen molar-refractivity contribution in [2.75, 3.05) is 36.0 Å². The minimum Gasteiger partial charge on any atom is -0.426 e. The number of carbonyl (C=O) groups excluding carboxylic acids is 1. The Morgan fingerprint density at radius 1 is 0.963 bits per heavy atom. The minimum absolute atomic E-state index is 0.106. The number of anilines is 2.